The molecule has 0 aromatic heterocycles. The highest BCUT2D eigenvalue weighted by molar-refractivity contribution is 5.87. The molecule has 0 radical (unpaired) electrons. The molecule has 0 aromatic carbocycles. The van der Waals surface area contributed by atoms with Crippen LogP contribution in [0.15, 0.2) is 12.2 Å². The van der Waals surface area contributed by atoms with E-state index in [4.69, 9.17) is 9.84 Å². The van der Waals surface area contributed by atoms with Gasteiger partial charge in [0.05, 0.1) is 6.61 Å². The molecule has 1 aliphatic carbocycles. The van der Waals surface area contributed by atoms with Gasteiger partial charge in [-0.15, -0.1) is 0 Å². The summed E-state index contributed by atoms with van der Waals surface area (Å²) in [6.45, 7) is 0.449. The number of hydrogen-bond acceptors (Lipinski definition) is 3. The average molecular weight is 239 g/mol. The van der Waals surface area contributed by atoms with Crippen molar-refractivity contribution < 1.29 is 19.4 Å². The smallest absolute Gasteiger partial charge is 0.331 e. The first kappa shape index (κ1) is 12.1. The van der Waals surface area contributed by atoms with Crippen molar-refractivity contribution in [2.24, 2.45) is 5.92 Å². The molecule has 2 rings (SSSR count). The van der Waals surface area contributed by atoms with Crippen LogP contribution in [-0.2, 0) is 14.3 Å². The Morgan fingerprint density at radius 2 is 2.35 bits per heavy atom. The van der Waals surface area contributed by atoms with Gasteiger partial charge in [0.1, 0.15) is 0 Å². The standard InChI is InChI=1S/C12H17NO4/c14-10(7-9-3-1-2-4-9)13-12(11(15)16)5-6-17-8-12/h1,3,9H,2,4-8H2,(H,13,14)(H,15,16). The fourth-order valence-corrected chi connectivity index (χ4v) is 2.31. The fourth-order valence-electron chi connectivity index (χ4n) is 2.31. The number of aliphatic carboxylic acids is 1. The zero-order chi connectivity index (χ0) is 12.3. The molecule has 1 fully saturated rings. The highest BCUT2D eigenvalue weighted by atomic mass is 16.5. The first-order valence-corrected chi connectivity index (χ1v) is 5.91. The van der Waals surface area contributed by atoms with Crippen LogP contribution >= 0.6 is 0 Å². The predicted molar refractivity (Wildman–Crippen MR) is 60.4 cm³/mol. The molecule has 2 atom stereocenters. The van der Waals surface area contributed by atoms with Crippen molar-refractivity contribution >= 4 is 11.9 Å². The first-order chi connectivity index (χ1) is 8.12. The Morgan fingerprint density at radius 3 is 2.88 bits per heavy atom. The van der Waals surface area contributed by atoms with E-state index in [1.165, 1.54) is 0 Å². The number of carboxylic acid groups (broad SMARTS) is 1. The van der Waals surface area contributed by atoms with Gasteiger partial charge in [-0.3, -0.25) is 4.79 Å². The lowest BCUT2D eigenvalue weighted by molar-refractivity contribution is -0.147. The van der Waals surface area contributed by atoms with Gasteiger partial charge in [-0.25, -0.2) is 4.79 Å². The summed E-state index contributed by atoms with van der Waals surface area (Å²) in [5.41, 5.74) is -1.21. The molecule has 0 aromatic rings. The van der Waals surface area contributed by atoms with Crippen LogP contribution in [-0.4, -0.2) is 35.7 Å². The van der Waals surface area contributed by atoms with Crippen LogP contribution in [0.1, 0.15) is 25.7 Å². The van der Waals surface area contributed by atoms with Crippen LogP contribution in [0.25, 0.3) is 0 Å². The topological polar surface area (TPSA) is 75.6 Å². The van der Waals surface area contributed by atoms with Crippen LogP contribution in [0.4, 0.5) is 0 Å². The maximum Gasteiger partial charge on any atom is 0.331 e. The molecular weight excluding hydrogens is 222 g/mol. The Hall–Kier alpha value is -1.36. The summed E-state index contributed by atoms with van der Waals surface area (Å²) in [5, 5.41) is 11.8. The summed E-state index contributed by atoms with van der Waals surface area (Å²) in [6, 6.07) is 0. The van der Waals surface area contributed by atoms with Crippen molar-refractivity contribution in [1.82, 2.24) is 5.32 Å². The van der Waals surface area contributed by atoms with Crippen molar-refractivity contribution in [3.63, 3.8) is 0 Å². The summed E-state index contributed by atoms with van der Waals surface area (Å²) in [4.78, 5) is 23.0. The second-order valence-electron chi connectivity index (χ2n) is 4.71. The van der Waals surface area contributed by atoms with Crippen LogP contribution < -0.4 is 5.32 Å². The number of carbonyl (C=O) groups excluding carboxylic acids is 1. The third kappa shape index (κ3) is 2.66. The summed E-state index contributed by atoms with van der Waals surface area (Å²) in [6.07, 6.45) is 6.77. The van der Waals surface area contributed by atoms with Crippen molar-refractivity contribution in [2.75, 3.05) is 13.2 Å². The van der Waals surface area contributed by atoms with Crippen LogP contribution in [0.5, 0.6) is 0 Å². The maximum absolute atomic E-state index is 11.8. The van der Waals surface area contributed by atoms with Crippen molar-refractivity contribution in [3.8, 4) is 0 Å². The highest BCUT2D eigenvalue weighted by Crippen LogP contribution is 2.23. The Morgan fingerprint density at radius 1 is 1.53 bits per heavy atom. The molecular formula is C12H17NO4. The molecule has 0 saturated carbocycles. The monoisotopic (exact) mass is 239 g/mol. The van der Waals surface area contributed by atoms with E-state index in [1.807, 2.05) is 6.08 Å². The molecule has 1 aliphatic heterocycles. The van der Waals surface area contributed by atoms with Gasteiger partial charge in [-0.2, -0.15) is 0 Å². The second-order valence-corrected chi connectivity index (χ2v) is 4.71. The lowest BCUT2D eigenvalue weighted by atomic mass is 9.97. The van der Waals surface area contributed by atoms with Crippen molar-refractivity contribution in [1.29, 1.82) is 0 Å². The van der Waals surface area contributed by atoms with E-state index in [9.17, 15) is 9.59 Å². The number of amides is 1. The van der Waals surface area contributed by atoms with Gasteiger partial charge in [0.2, 0.25) is 5.91 Å². The first-order valence-electron chi connectivity index (χ1n) is 5.91. The Bertz CT molecular complexity index is 344. The van der Waals surface area contributed by atoms with E-state index in [-0.39, 0.29) is 18.4 Å². The second kappa shape index (κ2) is 4.87. The third-order valence-corrected chi connectivity index (χ3v) is 3.37. The van der Waals surface area contributed by atoms with E-state index in [0.29, 0.717) is 19.4 Å². The van der Waals surface area contributed by atoms with Crippen molar-refractivity contribution in [2.45, 2.75) is 31.2 Å². The Balaban J connectivity index is 1.91. The van der Waals surface area contributed by atoms with Crippen LogP contribution in [0.3, 0.4) is 0 Å². The number of allylic oxidation sites excluding steroid dienone is 2. The minimum atomic E-state index is -1.21. The summed E-state index contributed by atoms with van der Waals surface area (Å²) < 4.78 is 5.08. The molecule has 0 bridgehead atoms. The lowest BCUT2D eigenvalue weighted by Gasteiger charge is -2.24. The number of nitrogens with one attached hydrogen (secondary N) is 1. The Labute approximate surface area is 99.8 Å². The fraction of sp³-hybridized carbons (Fsp3) is 0.667. The van der Waals surface area contributed by atoms with E-state index in [1.54, 1.807) is 0 Å². The number of ether oxygens (including phenoxy) is 1. The van der Waals surface area contributed by atoms with Gasteiger partial charge >= 0.3 is 5.97 Å². The highest BCUT2D eigenvalue weighted by Gasteiger charge is 2.43. The molecule has 5 nitrogen and oxygen atoms in total. The Kier molecular flexibility index (Phi) is 3.47. The maximum atomic E-state index is 11.8. The minimum Gasteiger partial charge on any atom is -0.479 e. The SMILES string of the molecule is O=C(CC1C=CCC1)NC1(C(=O)O)CCOC1. The van der Waals surface area contributed by atoms with Gasteiger partial charge in [-0.1, -0.05) is 12.2 Å². The molecule has 1 heterocycles. The molecule has 1 saturated heterocycles. The summed E-state index contributed by atoms with van der Waals surface area (Å²) in [5.74, 6) is -0.956. The van der Waals surface area contributed by atoms with Gasteiger partial charge in [-0.05, 0) is 18.8 Å². The van der Waals surface area contributed by atoms with Gasteiger partial charge in [0.25, 0.3) is 0 Å². The predicted octanol–water partition coefficient (Wildman–Crippen LogP) is 0.703. The average Bonchev–Trinajstić information content (AvgIpc) is 2.89. The van der Waals surface area contributed by atoms with Gasteiger partial charge in [0.15, 0.2) is 5.54 Å². The summed E-state index contributed by atoms with van der Waals surface area (Å²) >= 11 is 0. The van der Waals surface area contributed by atoms with E-state index in [2.05, 4.69) is 11.4 Å². The number of carboxylic acids is 1. The number of carbonyl (C=O) groups is 2. The third-order valence-electron chi connectivity index (χ3n) is 3.37. The molecule has 5 heteroatoms. The molecule has 2 N–H and O–H groups in total. The molecule has 17 heavy (non-hydrogen) atoms. The molecule has 2 unspecified atom stereocenters. The molecule has 0 spiro atoms. The molecule has 94 valence electrons. The largest absolute Gasteiger partial charge is 0.479 e. The molecule has 1 amide bonds. The zero-order valence-corrected chi connectivity index (χ0v) is 9.65. The summed E-state index contributed by atoms with van der Waals surface area (Å²) in [7, 11) is 0. The number of rotatable bonds is 4. The minimum absolute atomic E-state index is 0.0641. The van der Waals surface area contributed by atoms with Gasteiger partial charge in [0, 0.05) is 19.4 Å². The zero-order valence-electron chi connectivity index (χ0n) is 9.65. The molecule has 2 aliphatic rings. The van der Waals surface area contributed by atoms with E-state index < -0.39 is 11.5 Å². The number of hydrogen-bond donors (Lipinski definition) is 2. The quantitative estimate of drug-likeness (QED) is 0.708. The van der Waals surface area contributed by atoms with E-state index >= 15 is 0 Å². The lowest BCUT2D eigenvalue weighted by Crippen LogP contribution is -2.55. The van der Waals surface area contributed by atoms with Gasteiger partial charge < -0.3 is 15.2 Å². The normalized spacial score (nSPS) is 31.6. The van der Waals surface area contributed by atoms with Crippen molar-refractivity contribution in [3.05, 3.63) is 12.2 Å². The van der Waals surface area contributed by atoms with Crippen LogP contribution in [0, 0.1) is 5.92 Å². The van der Waals surface area contributed by atoms with E-state index in [0.717, 1.165) is 12.8 Å². The van der Waals surface area contributed by atoms with Crippen LogP contribution in [0.2, 0.25) is 0 Å².